The summed E-state index contributed by atoms with van der Waals surface area (Å²) in [6.07, 6.45) is 1.85. The van der Waals surface area contributed by atoms with Crippen molar-refractivity contribution in [1.29, 1.82) is 0 Å². The Kier molecular flexibility index (Phi) is 6.04. The minimum absolute atomic E-state index is 0.141. The van der Waals surface area contributed by atoms with Gasteiger partial charge in [-0.3, -0.25) is 4.79 Å². The Morgan fingerprint density at radius 1 is 1.12 bits per heavy atom. The van der Waals surface area contributed by atoms with Gasteiger partial charge in [0.1, 0.15) is 0 Å². The molecule has 0 aliphatic heterocycles. The van der Waals surface area contributed by atoms with Gasteiger partial charge in [-0.25, -0.2) is 9.98 Å². The Labute approximate surface area is 165 Å². The summed E-state index contributed by atoms with van der Waals surface area (Å²) in [5, 5.41) is 1.87. The molecule has 3 rings (SSSR count). The number of thiazole rings is 1. The van der Waals surface area contributed by atoms with Crippen LogP contribution in [-0.2, 0) is 16.0 Å². The molecule has 0 aliphatic rings. The van der Waals surface area contributed by atoms with Crippen molar-refractivity contribution in [1.82, 2.24) is 4.98 Å². The maximum Gasteiger partial charge on any atom is 0.310 e. The molecule has 26 heavy (non-hydrogen) atoms. The highest BCUT2D eigenvalue weighted by molar-refractivity contribution is 7.15. The van der Waals surface area contributed by atoms with Crippen LogP contribution in [-0.4, -0.2) is 24.3 Å². The van der Waals surface area contributed by atoms with Crippen molar-refractivity contribution in [3.05, 3.63) is 69.0 Å². The number of nitrogens with zero attached hydrogens (tertiary/aromatic N) is 2. The molecule has 1 heterocycles. The Bertz CT molecular complexity index is 935. The molecule has 7 heteroatoms. The molecule has 132 valence electrons. The second-order valence-corrected chi connectivity index (χ2v) is 7.27. The molecule has 4 nitrogen and oxygen atoms in total. The molecule has 1 aromatic heterocycles. The Balaban J connectivity index is 1.93. The highest BCUT2D eigenvalue weighted by Gasteiger charge is 2.16. The lowest BCUT2D eigenvalue weighted by atomic mass is 10.1. The summed E-state index contributed by atoms with van der Waals surface area (Å²) < 4.78 is 4.78. The molecule has 0 saturated heterocycles. The van der Waals surface area contributed by atoms with Crippen molar-refractivity contribution in [2.75, 3.05) is 7.11 Å². The van der Waals surface area contributed by atoms with Crippen molar-refractivity contribution in [2.45, 2.75) is 6.42 Å². The van der Waals surface area contributed by atoms with Crippen LogP contribution in [0.1, 0.15) is 10.4 Å². The number of hydrogen-bond donors (Lipinski definition) is 0. The number of ether oxygens (including phenoxy) is 1. The number of benzene rings is 2. The fourth-order valence-corrected chi connectivity index (χ4v) is 3.39. The summed E-state index contributed by atoms with van der Waals surface area (Å²) in [5.74, 6) is -0.322. The van der Waals surface area contributed by atoms with Gasteiger partial charge in [-0.2, -0.15) is 0 Å². The second-order valence-electron chi connectivity index (χ2n) is 5.34. The van der Waals surface area contributed by atoms with Gasteiger partial charge in [0, 0.05) is 26.7 Å². The van der Waals surface area contributed by atoms with Gasteiger partial charge in [-0.05, 0) is 29.8 Å². The van der Waals surface area contributed by atoms with Crippen LogP contribution in [0.5, 0.6) is 0 Å². The first kappa shape index (κ1) is 18.6. The normalized spacial score (nSPS) is 11.0. The molecule has 0 radical (unpaired) electrons. The van der Waals surface area contributed by atoms with Crippen LogP contribution in [0.4, 0.5) is 5.13 Å². The molecular formula is C19H14Cl2N2O2S. The molecule has 0 spiro atoms. The van der Waals surface area contributed by atoms with Crippen molar-refractivity contribution in [3.63, 3.8) is 0 Å². The van der Waals surface area contributed by atoms with Gasteiger partial charge in [0.15, 0.2) is 0 Å². The maximum atomic E-state index is 11.7. The van der Waals surface area contributed by atoms with E-state index in [1.807, 2.05) is 24.3 Å². The summed E-state index contributed by atoms with van der Waals surface area (Å²) in [4.78, 5) is 21.5. The monoisotopic (exact) mass is 404 g/mol. The predicted molar refractivity (Wildman–Crippen MR) is 107 cm³/mol. The minimum Gasteiger partial charge on any atom is -0.469 e. The van der Waals surface area contributed by atoms with Crippen LogP contribution in [0.25, 0.3) is 11.3 Å². The van der Waals surface area contributed by atoms with Gasteiger partial charge in [0.2, 0.25) is 5.13 Å². The van der Waals surface area contributed by atoms with Crippen molar-refractivity contribution >= 4 is 51.9 Å². The highest BCUT2D eigenvalue weighted by atomic mass is 35.5. The largest absolute Gasteiger partial charge is 0.469 e. The molecule has 0 fully saturated rings. The summed E-state index contributed by atoms with van der Waals surface area (Å²) in [6, 6.07) is 14.6. The van der Waals surface area contributed by atoms with E-state index in [0.29, 0.717) is 20.9 Å². The first-order valence-corrected chi connectivity index (χ1v) is 9.24. The summed E-state index contributed by atoms with van der Waals surface area (Å²) in [5.41, 5.74) is 2.49. The fourth-order valence-electron chi connectivity index (χ4n) is 2.23. The smallest absolute Gasteiger partial charge is 0.310 e. The Morgan fingerprint density at radius 2 is 1.73 bits per heavy atom. The Hall–Kier alpha value is -2.21. The van der Waals surface area contributed by atoms with E-state index in [1.54, 1.807) is 30.5 Å². The third kappa shape index (κ3) is 4.69. The van der Waals surface area contributed by atoms with Crippen LogP contribution < -0.4 is 0 Å². The number of hydrogen-bond acceptors (Lipinski definition) is 5. The standard InChI is InChI=1S/C19H14Cl2N2O2S/c1-25-17(24)10-16-18(13-4-8-15(21)9-5-13)23-19(26-16)22-11-12-2-6-14(20)7-3-12/h2-9,11H,10H2,1H3. The number of methoxy groups -OCH3 is 1. The molecule has 0 amide bonds. The van der Waals surface area contributed by atoms with Gasteiger partial charge in [0.25, 0.3) is 0 Å². The molecular weight excluding hydrogens is 391 g/mol. The van der Waals surface area contributed by atoms with E-state index >= 15 is 0 Å². The van der Waals surface area contributed by atoms with Crippen molar-refractivity contribution in [2.24, 2.45) is 4.99 Å². The van der Waals surface area contributed by atoms with Crippen LogP contribution in [0, 0.1) is 0 Å². The minimum atomic E-state index is -0.322. The van der Waals surface area contributed by atoms with Crippen LogP contribution in [0.15, 0.2) is 53.5 Å². The second kappa shape index (κ2) is 8.45. The van der Waals surface area contributed by atoms with Crippen LogP contribution in [0.2, 0.25) is 10.0 Å². The molecule has 0 unspecified atom stereocenters. The van der Waals surface area contributed by atoms with E-state index in [1.165, 1.54) is 18.4 Å². The average Bonchev–Trinajstić information content (AvgIpc) is 3.04. The van der Waals surface area contributed by atoms with Crippen molar-refractivity contribution in [3.8, 4) is 11.3 Å². The third-order valence-corrected chi connectivity index (χ3v) is 5.00. The molecule has 0 N–H and O–H groups in total. The first-order valence-electron chi connectivity index (χ1n) is 7.67. The molecule has 0 bridgehead atoms. The molecule has 0 saturated carbocycles. The van der Waals surface area contributed by atoms with Crippen LogP contribution in [0.3, 0.4) is 0 Å². The Morgan fingerprint density at radius 3 is 2.35 bits per heavy atom. The number of esters is 1. The summed E-state index contributed by atoms with van der Waals surface area (Å²) in [7, 11) is 1.37. The van der Waals surface area contributed by atoms with E-state index in [4.69, 9.17) is 27.9 Å². The number of aromatic nitrogens is 1. The zero-order valence-corrected chi connectivity index (χ0v) is 16.1. The van der Waals surface area contributed by atoms with Gasteiger partial charge in [-0.1, -0.05) is 58.8 Å². The van der Waals surface area contributed by atoms with Crippen LogP contribution >= 0.6 is 34.5 Å². The van der Waals surface area contributed by atoms with Gasteiger partial charge in [-0.15, -0.1) is 0 Å². The van der Waals surface area contributed by atoms with E-state index in [-0.39, 0.29) is 12.4 Å². The van der Waals surface area contributed by atoms with Crippen molar-refractivity contribution < 1.29 is 9.53 Å². The highest BCUT2D eigenvalue weighted by Crippen LogP contribution is 2.33. The van der Waals surface area contributed by atoms with E-state index in [0.717, 1.165) is 16.0 Å². The van der Waals surface area contributed by atoms with Gasteiger partial charge in [0.05, 0.1) is 19.2 Å². The summed E-state index contributed by atoms with van der Waals surface area (Å²) >= 11 is 13.2. The molecule has 2 aromatic carbocycles. The zero-order valence-electron chi connectivity index (χ0n) is 13.8. The lowest BCUT2D eigenvalue weighted by molar-refractivity contribution is -0.139. The number of carbonyl (C=O) groups excluding carboxylic acids is 1. The van der Waals surface area contributed by atoms with E-state index < -0.39 is 0 Å². The number of aliphatic imine (C=N–C) groups is 1. The predicted octanol–water partition coefficient (Wildman–Crippen LogP) is 5.58. The maximum absolute atomic E-state index is 11.7. The SMILES string of the molecule is COC(=O)Cc1sc(N=Cc2ccc(Cl)cc2)nc1-c1ccc(Cl)cc1. The first-order chi connectivity index (χ1) is 12.5. The summed E-state index contributed by atoms with van der Waals surface area (Å²) in [6.45, 7) is 0. The third-order valence-electron chi connectivity index (χ3n) is 3.53. The topological polar surface area (TPSA) is 51.5 Å². The molecule has 0 atom stereocenters. The molecule has 0 aliphatic carbocycles. The number of rotatable bonds is 5. The van der Waals surface area contributed by atoms with E-state index in [2.05, 4.69) is 9.98 Å². The number of halogens is 2. The quantitative estimate of drug-likeness (QED) is 0.411. The average molecular weight is 405 g/mol. The lowest BCUT2D eigenvalue weighted by Crippen LogP contribution is -2.03. The van der Waals surface area contributed by atoms with Gasteiger partial charge >= 0.3 is 5.97 Å². The number of carbonyl (C=O) groups is 1. The van der Waals surface area contributed by atoms with Gasteiger partial charge < -0.3 is 4.74 Å². The lowest BCUT2D eigenvalue weighted by Gasteiger charge is -2.01. The fraction of sp³-hybridized carbons (Fsp3) is 0.105. The zero-order chi connectivity index (χ0) is 18.5. The molecule has 3 aromatic rings. The van der Waals surface area contributed by atoms with E-state index in [9.17, 15) is 4.79 Å².